The lowest BCUT2D eigenvalue weighted by molar-refractivity contribution is -0.145. The van der Waals surface area contributed by atoms with Crippen LogP contribution < -0.4 is 5.32 Å². The molecule has 1 heterocycles. The van der Waals surface area contributed by atoms with E-state index in [0.717, 1.165) is 11.1 Å². The predicted octanol–water partition coefficient (Wildman–Crippen LogP) is 3.79. The van der Waals surface area contributed by atoms with Crippen LogP contribution >= 0.6 is 0 Å². The number of likely N-dealkylation sites (tertiary alicyclic amines) is 1. The van der Waals surface area contributed by atoms with Gasteiger partial charge in [-0.3, -0.25) is 9.59 Å². The van der Waals surface area contributed by atoms with Crippen molar-refractivity contribution in [2.24, 2.45) is 5.92 Å². The van der Waals surface area contributed by atoms with Crippen LogP contribution in [-0.4, -0.2) is 54.2 Å². The molecule has 0 radical (unpaired) electrons. The minimum atomic E-state index is -0.804. The fourth-order valence-electron chi connectivity index (χ4n) is 4.60. The van der Waals surface area contributed by atoms with Crippen LogP contribution in [0.1, 0.15) is 36.8 Å². The van der Waals surface area contributed by atoms with E-state index in [9.17, 15) is 14.4 Å². The summed E-state index contributed by atoms with van der Waals surface area (Å²) in [5, 5.41) is 11.8. The maximum Gasteiger partial charge on any atom is 0.407 e. The van der Waals surface area contributed by atoms with Crippen LogP contribution in [0.5, 0.6) is 0 Å². The molecular weight excluding hydrogens is 420 g/mol. The van der Waals surface area contributed by atoms with Crippen molar-refractivity contribution >= 4 is 18.0 Å². The number of amides is 2. The van der Waals surface area contributed by atoms with Gasteiger partial charge in [-0.25, -0.2) is 4.79 Å². The number of benzene rings is 2. The van der Waals surface area contributed by atoms with Crippen molar-refractivity contribution in [1.82, 2.24) is 10.2 Å². The summed E-state index contributed by atoms with van der Waals surface area (Å²) in [5.41, 5.74) is 5.17. The van der Waals surface area contributed by atoms with E-state index in [2.05, 4.69) is 29.6 Å². The number of carboxylic acids is 1. The van der Waals surface area contributed by atoms with Crippen molar-refractivity contribution in [2.75, 3.05) is 26.2 Å². The normalized spacial score (nSPS) is 16.2. The van der Waals surface area contributed by atoms with Gasteiger partial charge in [-0.1, -0.05) is 54.6 Å². The number of nitrogens with zero attached hydrogens (tertiary/aromatic N) is 1. The third-order valence-electron chi connectivity index (χ3n) is 6.47. The lowest BCUT2D eigenvalue weighted by atomic mass is 9.96. The SMILES string of the molecule is C/C(=C\CNC(=O)OCC1c2ccccc2-c2ccccc21)C(=O)N1CCC(C(=O)O)CC1. The Hall–Kier alpha value is -3.61. The summed E-state index contributed by atoms with van der Waals surface area (Å²) in [6.07, 6.45) is 2.06. The number of nitrogens with one attached hydrogen (secondary N) is 1. The van der Waals surface area contributed by atoms with Gasteiger partial charge in [0.05, 0.1) is 5.92 Å². The molecule has 0 unspecified atom stereocenters. The van der Waals surface area contributed by atoms with Gasteiger partial charge in [-0.05, 0) is 42.0 Å². The van der Waals surface area contributed by atoms with Crippen LogP contribution in [0.25, 0.3) is 11.1 Å². The van der Waals surface area contributed by atoms with Gasteiger partial charge >= 0.3 is 12.1 Å². The molecule has 0 bridgehead atoms. The molecule has 2 aliphatic rings. The zero-order chi connectivity index (χ0) is 23.4. The van der Waals surface area contributed by atoms with Crippen molar-refractivity contribution in [3.63, 3.8) is 0 Å². The molecule has 172 valence electrons. The smallest absolute Gasteiger partial charge is 0.407 e. The van der Waals surface area contributed by atoms with Gasteiger partial charge in [0.1, 0.15) is 6.61 Å². The molecule has 2 N–H and O–H groups in total. The molecule has 7 heteroatoms. The van der Waals surface area contributed by atoms with Crippen molar-refractivity contribution in [3.8, 4) is 11.1 Å². The van der Waals surface area contributed by atoms with Crippen LogP contribution in [-0.2, 0) is 14.3 Å². The number of ether oxygens (including phenoxy) is 1. The highest BCUT2D eigenvalue weighted by Crippen LogP contribution is 2.44. The number of rotatable bonds is 6. The average Bonchev–Trinajstić information content (AvgIpc) is 3.16. The molecule has 0 aromatic heterocycles. The molecule has 0 saturated carbocycles. The first-order chi connectivity index (χ1) is 16.0. The number of hydrogen-bond donors (Lipinski definition) is 2. The summed E-state index contributed by atoms with van der Waals surface area (Å²) in [4.78, 5) is 37.5. The van der Waals surface area contributed by atoms with E-state index in [1.807, 2.05) is 24.3 Å². The second kappa shape index (κ2) is 9.90. The van der Waals surface area contributed by atoms with Crippen molar-refractivity contribution in [3.05, 3.63) is 71.3 Å². The Labute approximate surface area is 193 Å². The van der Waals surface area contributed by atoms with E-state index in [1.165, 1.54) is 11.1 Å². The van der Waals surface area contributed by atoms with Gasteiger partial charge in [-0.15, -0.1) is 0 Å². The topological polar surface area (TPSA) is 95.9 Å². The largest absolute Gasteiger partial charge is 0.481 e. The number of hydrogen-bond acceptors (Lipinski definition) is 4. The van der Waals surface area contributed by atoms with E-state index in [0.29, 0.717) is 31.5 Å². The minimum Gasteiger partial charge on any atom is -0.481 e. The van der Waals surface area contributed by atoms with Crippen LogP contribution in [0, 0.1) is 5.92 Å². The molecule has 0 atom stereocenters. The van der Waals surface area contributed by atoms with E-state index in [1.54, 1.807) is 17.9 Å². The first-order valence-corrected chi connectivity index (χ1v) is 11.2. The zero-order valence-corrected chi connectivity index (χ0v) is 18.6. The third-order valence-corrected chi connectivity index (χ3v) is 6.47. The van der Waals surface area contributed by atoms with E-state index in [-0.39, 0.29) is 30.9 Å². The van der Waals surface area contributed by atoms with E-state index in [4.69, 9.17) is 9.84 Å². The molecule has 1 aliphatic heterocycles. The summed E-state index contributed by atoms with van der Waals surface area (Å²) in [6.45, 7) is 2.98. The second-order valence-electron chi connectivity index (χ2n) is 8.50. The van der Waals surface area contributed by atoms with Crippen molar-refractivity contribution in [2.45, 2.75) is 25.7 Å². The number of aliphatic carboxylic acids is 1. The van der Waals surface area contributed by atoms with Gasteiger partial charge in [0, 0.05) is 31.1 Å². The van der Waals surface area contributed by atoms with E-state index < -0.39 is 12.1 Å². The molecule has 1 fully saturated rings. The van der Waals surface area contributed by atoms with E-state index >= 15 is 0 Å². The highest BCUT2D eigenvalue weighted by Gasteiger charge is 2.29. The lowest BCUT2D eigenvalue weighted by Gasteiger charge is -2.30. The minimum absolute atomic E-state index is 0.00395. The highest BCUT2D eigenvalue weighted by molar-refractivity contribution is 5.93. The molecule has 1 aliphatic carbocycles. The maximum atomic E-state index is 12.5. The molecule has 2 amide bonds. The standard InChI is InChI=1S/C26H28N2O5/c1-17(24(29)28-14-11-18(12-15-28)25(30)31)10-13-27-26(32)33-16-23-21-8-4-2-6-19(21)20-7-3-5-9-22(20)23/h2-10,18,23H,11-16H2,1H3,(H,27,32)(H,30,31)/b17-10+. The van der Waals surface area contributed by atoms with Crippen LogP contribution in [0.15, 0.2) is 60.2 Å². The quantitative estimate of drug-likeness (QED) is 0.656. The Morgan fingerprint density at radius 1 is 1.03 bits per heavy atom. The maximum absolute atomic E-state index is 12.5. The van der Waals surface area contributed by atoms with Crippen LogP contribution in [0.3, 0.4) is 0 Å². The number of fused-ring (bicyclic) bond motifs is 3. The summed E-state index contributed by atoms with van der Waals surface area (Å²) < 4.78 is 5.50. The zero-order valence-electron chi connectivity index (χ0n) is 18.6. The second-order valence-corrected chi connectivity index (χ2v) is 8.50. The Bertz CT molecular complexity index is 1040. The Kier molecular flexibility index (Phi) is 6.77. The first-order valence-electron chi connectivity index (χ1n) is 11.2. The molecule has 2 aromatic rings. The molecule has 2 aromatic carbocycles. The summed E-state index contributed by atoms with van der Waals surface area (Å²) in [6, 6.07) is 16.3. The van der Waals surface area contributed by atoms with Gasteiger partial charge in [-0.2, -0.15) is 0 Å². The fourth-order valence-corrected chi connectivity index (χ4v) is 4.60. The van der Waals surface area contributed by atoms with Gasteiger partial charge in [0.2, 0.25) is 5.91 Å². The van der Waals surface area contributed by atoms with Crippen LogP contribution in [0.4, 0.5) is 4.79 Å². The predicted molar refractivity (Wildman–Crippen MR) is 124 cm³/mol. The Morgan fingerprint density at radius 2 is 1.61 bits per heavy atom. The fraction of sp³-hybridized carbons (Fsp3) is 0.346. The highest BCUT2D eigenvalue weighted by atomic mass is 16.5. The summed E-state index contributed by atoms with van der Waals surface area (Å²) in [7, 11) is 0. The number of alkyl carbamates (subject to hydrolysis) is 1. The van der Waals surface area contributed by atoms with Crippen molar-refractivity contribution in [1.29, 1.82) is 0 Å². The molecule has 0 spiro atoms. The lowest BCUT2D eigenvalue weighted by Crippen LogP contribution is -2.40. The Balaban J connectivity index is 1.27. The van der Waals surface area contributed by atoms with Crippen molar-refractivity contribution < 1.29 is 24.2 Å². The monoisotopic (exact) mass is 448 g/mol. The number of carbonyl (C=O) groups is 3. The molecule has 4 rings (SSSR count). The van der Waals surface area contributed by atoms with Gasteiger partial charge in [0.25, 0.3) is 0 Å². The first kappa shape index (κ1) is 22.6. The van der Waals surface area contributed by atoms with Crippen LogP contribution in [0.2, 0.25) is 0 Å². The third kappa shape index (κ3) is 4.92. The number of carboxylic acid groups (broad SMARTS) is 1. The molecular formula is C26H28N2O5. The van der Waals surface area contributed by atoms with Gasteiger partial charge < -0.3 is 20.1 Å². The molecule has 7 nitrogen and oxygen atoms in total. The number of piperidine rings is 1. The summed E-state index contributed by atoms with van der Waals surface area (Å²) in [5.74, 6) is -1.32. The Morgan fingerprint density at radius 3 is 2.18 bits per heavy atom. The average molecular weight is 449 g/mol. The molecule has 33 heavy (non-hydrogen) atoms. The van der Waals surface area contributed by atoms with Gasteiger partial charge in [0.15, 0.2) is 0 Å². The number of carbonyl (C=O) groups excluding carboxylic acids is 2. The molecule has 1 saturated heterocycles. The summed E-state index contributed by atoms with van der Waals surface area (Å²) >= 11 is 0.